The van der Waals surface area contributed by atoms with Crippen LogP contribution in [0.5, 0.6) is 5.75 Å². The Labute approximate surface area is 125 Å². The zero-order valence-corrected chi connectivity index (χ0v) is 11.7. The molecule has 0 heterocycles. The Balaban J connectivity index is 2.53. The van der Waals surface area contributed by atoms with E-state index in [0.717, 1.165) is 0 Å². The number of rotatable bonds is 3. The number of carboxylic acids is 1. The van der Waals surface area contributed by atoms with Crippen LogP contribution in [0.1, 0.15) is 20.7 Å². The second-order valence-corrected chi connectivity index (χ2v) is 4.63. The third-order valence-electron chi connectivity index (χ3n) is 2.93. The molecule has 0 fully saturated rings. The molecule has 0 aliphatic carbocycles. The highest BCUT2D eigenvalue weighted by molar-refractivity contribution is 6.33. The van der Waals surface area contributed by atoms with Gasteiger partial charge in [-0.2, -0.15) is 0 Å². The molecule has 5 nitrogen and oxygen atoms in total. The van der Waals surface area contributed by atoms with E-state index in [1.165, 1.54) is 43.5 Å². The number of carboxylic acid groups (broad SMARTS) is 1. The van der Waals surface area contributed by atoms with Crippen molar-refractivity contribution in [1.82, 2.24) is 0 Å². The second kappa shape index (κ2) is 5.85. The van der Waals surface area contributed by atoms with Gasteiger partial charge in [0.2, 0.25) is 0 Å². The van der Waals surface area contributed by atoms with Gasteiger partial charge in [-0.05, 0) is 35.9 Å². The van der Waals surface area contributed by atoms with Crippen LogP contribution in [0.15, 0.2) is 36.4 Å². The first-order chi connectivity index (χ1) is 9.93. The SMILES string of the molecule is COC(=O)c1ccc(Cl)c(-c2ccc(C(=O)O)c(O)c2)c1. The van der Waals surface area contributed by atoms with Crippen LogP contribution in [0.3, 0.4) is 0 Å². The van der Waals surface area contributed by atoms with E-state index >= 15 is 0 Å². The number of methoxy groups -OCH3 is 1. The number of aromatic hydroxyl groups is 1. The quantitative estimate of drug-likeness (QED) is 0.851. The van der Waals surface area contributed by atoms with Crippen molar-refractivity contribution >= 4 is 23.5 Å². The predicted molar refractivity (Wildman–Crippen MR) is 76.9 cm³/mol. The summed E-state index contributed by atoms with van der Waals surface area (Å²) in [7, 11) is 1.27. The van der Waals surface area contributed by atoms with Gasteiger partial charge in [0.1, 0.15) is 11.3 Å². The molecule has 0 spiro atoms. The standard InChI is InChI=1S/C15H11ClO5/c1-21-15(20)9-3-5-12(16)11(6-9)8-2-4-10(14(18)19)13(17)7-8/h2-7,17H,1H3,(H,18,19). The van der Waals surface area contributed by atoms with Gasteiger partial charge in [0, 0.05) is 10.6 Å². The zero-order chi connectivity index (χ0) is 15.6. The number of aromatic carboxylic acids is 1. The molecule has 0 aliphatic heterocycles. The van der Waals surface area contributed by atoms with Crippen LogP contribution in [0.25, 0.3) is 11.1 Å². The third-order valence-corrected chi connectivity index (χ3v) is 3.26. The second-order valence-electron chi connectivity index (χ2n) is 4.22. The zero-order valence-electron chi connectivity index (χ0n) is 11.0. The Morgan fingerprint density at radius 2 is 1.86 bits per heavy atom. The summed E-state index contributed by atoms with van der Waals surface area (Å²) in [6.07, 6.45) is 0. The van der Waals surface area contributed by atoms with Crippen LogP contribution >= 0.6 is 11.6 Å². The molecule has 0 unspecified atom stereocenters. The molecule has 2 N–H and O–H groups in total. The molecule has 0 amide bonds. The van der Waals surface area contributed by atoms with Gasteiger partial charge in [-0.25, -0.2) is 9.59 Å². The Morgan fingerprint density at radius 3 is 2.43 bits per heavy atom. The molecule has 108 valence electrons. The lowest BCUT2D eigenvalue weighted by Crippen LogP contribution is -2.01. The monoisotopic (exact) mass is 306 g/mol. The van der Waals surface area contributed by atoms with Gasteiger partial charge in [0.25, 0.3) is 0 Å². The molecular weight excluding hydrogens is 296 g/mol. The first kappa shape index (κ1) is 14.9. The molecule has 0 radical (unpaired) electrons. The predicted octanol–water partition coefficient (Wildman–Crippen LogP) is 3.20. The number of ether oxygens (including phenoxy) is 1. The smallest absolute Gasteiger partial charge is 0.339 e. The first-order valence-electron chi connectivity index (χ1n) is 5.88. The van der Waals surface area contributed by atoms with Crippen molar-refractivity contribution in [3.05, 3.63) is 52.5 Å². The number of carbonyl (C=O) groups excluding carboxylic acids is 1. The first-order valence-corrected chi connectivity index (χ1v) is 6.26. The lowest BCUT2D eigenvalue weighted by Gasteiger charge is -2.08. The summed E-state index contributed by atoms with van der Waals surface area (Å²) >= 11 is 6.08. The minimum atomic E-state index is -1.23. The lowest BCUT2D eigenvalue weighted by molar-refractivity contribution is 0.0599. The largest absolute Gasteiger partial charge is 0.507 e. The Bertz CT molecular complexity index is 724. The summed E-state index contributed by atoms with van der Waals surface area (Å²) in [6.45, 7) is 0. The lowest BCUT2D eigenvalue weighted by atomic mass is 10.0. The van der Waals surface area contributed by atoms with Crippen LogP contribution < -0.4 is 0 Å². The van der Waals surface area contributed by atoms with E-state index in [2.05, 4.69) is 4.74 Å². The van der Waals surface area contributed by atoms with E-state index in [-0.39, 0.29) is 11.3 Å². The number of benzene rings is 2. The van der Waals surface area contributed by atoms with E-state index in [9.17, 15) is 14.7 Å². The molecule has 2 aromatic rings. The molecule has 0 bridgehead atoms. The number of hydrogen-bond donors (Lipinski definition) is 2. The van der Waals surface area contributed by atoms with Crippen LogP contribution in [0.2, 0.25) is 5.02 Å². The van der Waals surface area contributed by atoms with Gasteiger partial charge in [-0.1, -0.05) is 17.7 Å². The van der Waals surface area contributed by atoms with Crippen LogP contribution in [-0.4, -0.2) is 29.3 Å². The maximum atomic E-state index is 11.5. The number of hydrogen-bond acceptors (Lipinski definition) is 4. The molecule has 0 aliphatic rings. The fraction of sp³-hybridized carbons (Fsp3) is 0.0667. The Hall–Kier alpha value is -2.53. The molecule has 0 saturated heterocycles. The Morgan fingerprint density at radius 1 is 1.14 bits per heavy atom. The van der Waals surface area contributed by atoms with Crippen LogP contribution in [0.4, 0.5) is 0 Å². The normalized spacial score (nSPS) is 10.2. The van der Waals surface area contributed by atoms with Crippen molar-refractivity contribution in [2.75, 3.05) is 7.11 Å². The minimum Gasteiger partial charge on any atom is -0.507 e. The van der Waals surface area contributed by atoms with Crippen molar-refractivity contribution in [1.29, 1.82) is 0 Å². The van der Waals surface area contributed by atoms with Gasteiger partial charge in [0.05, 0.1) is 12.7 Å². The molecule has 0 saturated carbocycles. The summed E-state index contributed by atoms with van der Waals surface area (Å²) in [4.78, 5) is 22.4. The van der Waals surface area contributed by atoms with Crippen LogP contribution in [-0.2, 0) is 4.74 Å². The minimum absolute atomic E-state index is 0.209. The maximum absolute atomic E-state index is 11.5. The Kier molecular flexibility index (Phi) is 4.14. The summed E-state index contributed by atoms with van der Waals surface area (Å²) < 4.78 is 4.63. The van der Waals surface area contributed by atoms with E-state index in [0.29, 0.717) is 21.7 Å². The highest BCUT2D eigenvalue weighted by Crippen LogP contribution is 2.32. The summed E-state index contributed by atoms with van der Waals surface area (Å²) in [5, 5.41) is 19.0. The maximum Gasteiger partial charge on any atom is 0.339 e. The van der Waals surface area contributed by atoms with Crippen LogP contribution in [0, 0.1) is 0 Å². The molecule has 6 heteroatoms. The van der Waals surface area contributed by atoms with Gasteiger partial charge in [0.15, 0.2) is 0 Å². The fourth-order valence-electron chi connectivity index (χ4n) is 1.87. The third kappa shape index (κ3) is 2.98. The molecule has 0 atom stereocenters. The van der Waals surface area contributed by atoms with Gasteiger partial charge >= 0.3 is 11.9 Å². The molecule has 2 rings (SSSR count). The average molecular weight is 307 g/mol. The summed E-state index contributed by atoms with van der Waals surface area (Å²) in [6, 6.07) is 8.63. The fourth-order valence-corrected chi connectivity index (χ4v) is 2.10. The van der Waals surface area contributed by atoms with Gasteiger partial charge in [-0.15, -0.1) is 0 Å². The van der Waals surface area contributed by atoms with Gasteiger partial charge in [-0.3, -0.25) is 0 Å². The number of carbonyl (C=O) groups is 2. The molecular formula is C15H11ClO5. The van der Waals surface area contributed by atoms with Crippen molar-refractivity contribution < 1.29 is 24.5 Å². The molecule has 0 aromatic heterocycles. The number of halogens is 1. The molecule has 21 heavy (non-hydrogen) atoms. The van der Waals surface area contributed by atoms with E-state index in [1.807, 2.05) is 0 Å². The number of phenols is 1. The van der Waals surface area contributed by atoms with E-state index in [1.54, 1.807) is 0 Å². The van der Waals surface area contributed by atoms with Crippen molar-refractivity contribution in [2.24, 2.45) is 0 Å². The summed E-state index contributed by atoms with van der Waals surface area (Å²) in [5.74, 6) is -2.12. The van der Waals surface area contributed by atoms with E-state index in [4.69, 9.17) is 16.7 Å². The van der Waals surface area contributed by atoms with Crippen molar-refractivity contribution in [3.8, 4) is 16.9 Å². The van der Waals surface area contributed by atoms with Crippen molar-refractivity contribution in [2.45, 2.75) is 0 Å². The van der Waals surface area contributed by atoms with Gasteiger partial charge < -0.3 is 14.9 Å². The summed E-state index contributed by atoms with van der Waals surface area (Å²) in [5.41, 5.74) is 1.08. The highest BCUT2D eigenvalue weighted by atomic mass is 35.5. The molecule has 2 aromatic carbocycles. The van der Waals surface area contributed by atoms with Crippen molar-refractivity contribution in [3.63, 3.8) is 0 Å². The number of esters is 1. The topological polar surface area (TPSA) is 83.8 Å². The highest BCUT2D eigenvalue weighted by Gasteiger charge is 2.14. The van der Waals surface area contributed by atoms with E-state index < -0.39 is 11.9 Å². The average Bonchev–Trinajstić information content (AvgIpc) is 2.46.